The molecule has 154 valence electrons. The lowest BCUT2D eigenvalue weighted by atomic mass is 9.91. The summed E-state index contributed by atoms with van der Waals surface area (Å²) in [6, 6.07) is 10.5. The molecule has 8 nitrogen and oxygen atoms in total. The van der Waals surface area contributed by atoms with E-state index in [0.717, 1.165) is 12.5 Å². The van der Waals surface area contributed by atoms with Crippen LogP contribution < -0.4 is 4.18 Å². The Hall–Kier alpha value is -2.94. The van der Waals surface area contributed by atoms with Gasteiger partial charge in [-0.2, -0.15) is 8.42 Å². The summed E-state index contributed by atoms with van der Waals surface area (Å²) < 4.78 is 29.9. The predicted molar refractivity (Wildman–Crippen MR) is 106 cm³/mol. The lowest BCUT2D eigenvalue weighted by Gasteiger charge is -2.35. The summed E-state index contributed by atoms with van der Waals surface area (Å²) in [5, 5.41) is 10.8. The van der Waals surface area contributed by atoms with E-state index >= 15 is 0 Å². The van der Waals surface area contributed by atoms with Crippen molar-refractivity contribution in [2.75, 3.05) is 13.1 Å². The number of piperidine rings is 1. The third-order valence-corrected chi connectivity index (χ3v) is 6.02. The molecule has 1 saturated heterocycles. The van der Waals surface area contributed by atoms with Crippen molar-refractivity contribution >= 4 is 21.7 Å². The smallest absolute Gasteiger partial charge is 0.339 e. The number of amides is 1. The van der Waals surface area contributed by atoms with Gasteiger partial charge in [-0.3, -0.25) is 14.9 Å². The van der Waals surface area contributed by atoms with E-state index in [0.29, 0.717) is 30.5 Å². The van der Waals surface area contributed by atoms with E-state index in [4.69, 9.17) is 4.18 Å². The van der Waals surface area contributed by atoms with Gasteiger partial charge in [-0.1, -0.05) is 19.9 Å². The van der Waals surface area contributed by atoms with Crippen LogP contribution in [-0.4, -0.2) is 37.2 Å². The molecule has 29 heavy (non-hydrogen) atoms. The van der Waals surface area contributed by atoms with Crippen molar-refractivity contribution < 1.29 is 22.3 Å². The lowest BCUT2D eigenvalue weighted by molar-refractivity contribution is -0.385. The van der Waals surface area contributed by atoms with E-state index < -0.39 is 15.0 Å². The predicted octanol–water partition coefficient (Wildman–Crippen LogP) is 3.48. The normalized spacial score (nSPS) is 19.6. The van der Waals surface area contributed by atoms with Gasteiger partial charge < -0.3 is 9.08 Å². The van der Waals surface area contributed by atoms with E-state index in [1.54, 1.807) is 0 Å². The second-order valence-corrected chi connectivity index (χ2v) is 9.02. The van der Waals surface area contributed by atoms with Gasteiger partial charge in [0.25, 0.3) is 11.6 Å². The zero-order valence-electron chi connectivity index (χ0n) is 16.1. The van der Waals surface area contributed by atoms with Gasteiger partial charge in [0, 0.05) is 30.8 Å². The fourth-order valence-corrected chi connectivity index (χ4v) is 4.56. The van der Waals surface area contributed by atoms with Gasteiger partial charge in [0.2, 0.25) is 0 Å². The first-order valence-electron chi connectivity index (χ1n) is 9.24. The number of hydrogen-bond acceptors (Lipinski definition) is 6. The van der Waals surface area contributed by atoms with Crippen LogP contribution in [0.15, 0.2) is 53.4 Å². The van der Waals surface area contributed by atoms with Crippen LogP contribution in [0.4, 0.5) is 5.69 Å². The SMILES string of the molecule is CC1CC(C)CN(C(=O)c2ccc(OS(=O)(=O)c3cccc([N+](=O)[O-])c3)cc2)C1. The Labute approximate surface area is 169 Å². The summed E-state index contributed by atoms with van der Waals surface area (Å²) in [5.74, 6) is 0.792. The van der Waals surface area contributed by atoms with Crippen molar-refractivity contribution in [2.24, 2.45) is 11.8 Å². The number of benzene rings is 2. The molecule has 2 atom stereocenters. The second-order valence-electron chi connectivity index (χ2n) is 7.47. The largest absolute Gasteiger partial charge is 0.379 e. The third-order valence-electron chi connectivity index (χ3n) is 4.78. The number of carbonyl (C=O) groups excluding carboxylic acids is 1. The first-order chi connectivity index (χ1) is 13.7. The highest BCUT2D eigenvalue weighted by atomic mass is 32.2. The molecule has 9 heteroatoms. The lowest BCUT2D eigenvalue weighted by Crippen LogP contribution is -2.42. The quantitative estimate of drug-likeness (QED) is 0.418. The minimum atomic E-state index is -4.24. The molecule has 0 spiro atoms. The van der Waals surface area contributed by atoms with E-state index in [-0.39, 0.29) is 22.2 Å². The molecule has 0 radical (unpaired) electrons. The monoisotopic (exact) mass is 418 g/mol. The molecule has 1 amide bonds. The fraction of sp³-hybridized carbons (Fsp3) is 0.350. The summed E-state index contributed by atoms with van der Waals surface area (Å²) >= 11 is 0. The standard InChI is InChI=1S/C20H22N2O6S/c1-14-10-15(2)13-21(12-14)20(23)16-6-8-18(9-7-16)28-29(26,27)19-5-3-4-17(11-19)22(24)25/h3-9,11,14-15H,10,12-13H2,1-2H3. The third kappa shape index (κ3) is 4.92. The molecule has 0 N–H and O–H groups in total. The highest BCUT2D eigenvalue weighted by molar-refractivity contribution is 7.87. The molecule has 1 aliphatic heterocycles. The first kappa shape index (κ1) is 20.8. The Morgan fingerprint density at radius 2 is 1.72 bits per heavy atom. The Bertz CT molecular complexity index is 1010. The maximum absolute atomic E-state index is 12.7. The topological polar surface area (TPSA) is 107 Å². The zero-order valence-corrected chi connectivity index (χ0v) is 17.0. The number of nitro groups is 1. The summed E-state index contributed by atoms with van der Waals surface area (Å²) in [6.07, 6.45) is 1.09. The van der Waals surface area contributed by atoms with Crippen molar-refractivity contribution in [1.82, 2.24) is 4.90 Å². The maximum atomic E-state index is 12.7. The minimum absolute atomic E-state index is 0.0217. The Kier molecular flexibility index (Phi) is 5.88. The maximum Gasteiger partial charge on any atom is 0.339 e. The number of rotatable bonds is 5. The van der Waals surface area contributed by atoms with Gasteiger partial charge in [0.15, 0.2) is 0 Å². The van der Waals surface area contributed by atoms with Crippen molar-refractivity contribution in [1.29, 1.82) is 0 Å². The number of likely N-dealkylation sites (tertiary alicyclic amines) is 1. The molecule has 0 aliphatic carbocycles. The summed E-state index contributed by atoms with van der Waals surface area (Å²) in [5.41, 5.74) is 0.104. The van der Waals surface area contributed by atoms with Crippen LogP contribution in [0.3, 0.4) is 0 Å². The van der Waals surface area contributed by atoms with Crippen molar-refractivity contribution in [3.05, 3.63) is 64.2 Å². The van der Waals surface area contributed by atoms with Gasteiger partial charge in [-0.05, 0) is 48.6 Å². The molecular formula is C20H22N2O6S. The summed E-state index contributed by atoms with van der Waals surface area (Å²) in [6.45, 7) is 5.63. The molecule has 2 unspecified atom stereocenters. The Morgan fingerprint density at radius 3 is 2.31 bits per heavy atom. The van der Waals surface area contributed by atoms with E-state index in [1.165, 1.54) is 42.5 Å². The molecule has 0 saturated carbocycles. The number of nitro benzene ring substituents is 1. The highest BCUT2D eigenvalue weighted by Crippen LogP contribution is 2.25. The van der Waals surface area contributed by atoms with E-state index in [1.807, 2.05) is 4.90 Å². The number of hydrogen-bond donors (Lipinski definition) is 0. The summed E-state index contributed by atoms with van der Waals surface area (Å²) in [7, 11) is -4.24. The first-order valence-corrected chi connectivity index (χ1v) is 10.6. The molecule has 1 fully saturated rings. The van der Waals surface area contributed by atoms with Gasteiger partial charge >= 0.3 is 10.1 Å². The van der Waals surface area contributed by atoms with Crippen LogP contribution in [0.25, 0.3) is 0 Å². The average molecular weight is 418 g/mol. The summed E-state index contributed by atoms with van der Waals surface area (Å²) in [4.78, 5) is 24.4. The van der Waals surface area contributed by atoms with Gasteiger partial charge in [-0.15, -0.1) is 0 Å². The van der Waals surface area contributed by atoms with E-state index in [9.17, 15) is 23.3 Å². The molecular weight excluding hydrogens is 396 g/mol. The van der Waals surface area contributed by atoms with Crippen LogP contribution in [0.5, 0.6) is 5.75 Å². The van der Waals surface area contributed by atoms with Gasteiger partial charge in [-0.25, -0.2) is 0 Å². The van der Waals surface area contributed by atoms with Crippen molar-refractivity contribution in [3.63, 3.8) is 0 Å². The fourth-order valence-electron chi connectivity index (χ4n) is 3.59. The Balaban J connectivity index is 1.74. The molecule has 0 bridgehead atoms. The molecule has 3 rings (SSSR count). The molecule has 1 heterocycles. The molecule has 2 aromatic carbocycles. The highest BCUT2D eigenvalue weighted by Gasteiger charge is 2.26. The van der Waals surface area contributed by atoms with Crippen LogP contribution in [0.2, 0.25) is 0 Å². The number of nitrogens with zero attached hydrogens (tertiary/aromatic N) is 2. The molecule has 2 aromatic rings. The minimum Gasteiger partial charge on any atom is -0.379 e. The van der Waals surface area contributed by atoms with Crippen molar-refractivity contribution in [3.8, 4) is 5.75 Å². The van der Waals surface area contributed by atoms with E-state index in [2.05, 4.69) is 13.8 Å². The van der Waals surface area contributed by atoms with Gasteiger partial charge in [0.1, 0.15) is 10.6 Å². The number of non-ortho nitro benzene ring substituents is 1. The van der Waals surface area contributed by atoms with Crippen LogP contribution in [0, 0.1) is 22.0 Å². The van der Waals surface area contributed by atoms with Crippen LogP contribution >= 0.6 is 0 Å². The average Bonchev–Trinajstić information content (AvgIpc) is 2.67. The second kappa shape index (κ2) is 8.20. The van der Waals surface area contributed by atoms with Crippen molar-refractivity contribution in [2.45, 2.75) is 25.2 Å². The van der Waals surface area contributed by atoms with Crippen LogP contribution in [0.1, 0.15) is 30.6 Å². The molecule has 0 aromatic heterocycles. The van der Waals surface area contributed by atoms with Gasteiger partial charge in [0.05, 0.1) is 4.92 Å². The Morgan fingerprint density at radius 1 is 1.10 bits per heavy atom. The zero-order chi connectivity index (χ0) is 21.2. The van der Waals surface area contributed by atoms with Crippen LogP contribution in [-0.2, 0) is 10.1 Å². The number of carbonyl (C=O) groups is 1. The molecule has 1 aliphatic rings.